The van der Waals surface area contributed by atoms with Crippen LogP contribution >= 0.6 is 11.6 Å². The lowest BCUT2D eigenvalue weighted by Crippen LogP contribution is -2.47. The summed E-state index contributed by atoms with van der Waals surface area (Å²) >= 11 is 5.82. The molecule has 0 aromatic rings. The maximum absolute atomic E-state index is 13.6. The number of nitrogens with one attached hydrogen (secondary N) is 3. The van der Waals surface area contributed by atoms with Gasteiger partial charge in [-0.05, 0) is 37.7 Å². The fraction of sp³-hybridized carbons (Fsp3) is 0.714. The normalized spacial score (nSPS) is 29.0. The molecule has 5 unspecified atom stereocenters. The highest BCUT2D eigenvalue weighted by Crippen LogP contribution is 2.28. The van der Waals surface area contributed by atoms with Gasteiger partial charge in [-0.3, -0.25) is 9.59 Å². The van der Waals surface area contributed by atoms with E-state index in [0.717, 1.165) is 0 Å². The second kappa shape index (κ2) is 12.6. The molecule has 6 nitrogen and oxygen atoms in total. The highest BCUT2D eigenvalue weighted by molar-refractivity contribution is 6.21. The monoisotopic (exact) mass is 483 g/mol. The molecule has 11 heteroatoms. The van der Waals surface area contributed by atoms with Crippen molar-refractivity contribution in [1.29, 1.82) is 0 Å². The van der Waals surface area contributed by atoms with Crippen LogP contribution in [0.4, 0.5) is 17.6 Å². The predicted octanol–water partition coefficient (Wildman–Crippen LogP) is 3.12. The molecule has 0 aromatic carbocycles. The van der Waals surface area contributed by atoms with Crippen LogP contribution in [0.25, 0.3) is 0 Å². The first kappa shape index (κ1) is 26.6. The molecule has 0 radical (unpaired) electrons. The first-order valence-electron chi connectivity index (χ1n) is 10.7. The summed E-state index contributed by atoms with van der Waals surface area (Å²) in [6.07, 6.45) is -0.931. The van der Waals surface area contributed by atoms with Gasteiger partial charge >= 0.3 is 6.18 Å². The lowest BCUT2D eigenvalue weighted by atomic mass is 9.94. The maximum Gasteiger partial charge on any atom is 0.403 e. The number of rotatable bonds is 9. The summed E-state index contributed by atoms with van der Waals surface area (Å²) in [4.78, 5) is 23.8. The summed E-state index contributed by atoms with van der Waals surface area (Å²) in [7, 11) is 0. The van der Waals surface area contributed by atoms with Crippen LogP contribution in [0.1, 0.15) is 38.5 Å². The van der Waals surface area contributed by atoms with Crippen LogP contribution in [-0.4, -0.2) is 61.4 Å². The largest absolute Gasteiger partial charge is 0.403 e. The predicted molar refractivity (Wildman–Crippen MR) is 113 cm³/mol. The minimum Gasteiger partial charge on any atom is -0.368 e. The molecule has 0 bridgehead atoms. The number of hydrogen-bond donors (Lipinski definition) is 3. The van der Waals surface area contributed by atoms with Gasteiger partial charge in [0.05, 0.1) is 11.5 Å². The fourth-order valence-corrected chi connectivity index (χ4v) is 3.85. The molecule has 2 fully saturated rings. The molecule has 2 aliphatic rings. The van der Waals surface area contributed by atoms with Crippen molar-refractivity contribution in [3.05, 3.63) is 24.4 Å². The highest BCUT2D eigenvalue weighted by Gasteiger charge is 2.41. The van der Waals surface area contributed by atoms with E-state index in [1.54, 1.807) is 6.08 Å². The molecule has 1 aliphatic heterocycles. The zero-order valence-corrected chi connectivity index (χ0v) is 18.5. The number of ether oxygens (including phenoxy) is 1. The van der Waals surface area contributed by atoms with E-state index in [1.165, 1.54) is 6.08 Å². The molecule has 2 amide bonds. The second-order valence-corrected chi connectivity index (χ2v) is 8.73. The Morgan fingerprint density at radius 3 is 2.59 bits per heavy atom. The van der Waals surface area contributed by atoms with Gasteiger partial charge in [-0.1, -0.05) is 12.7 Å². The molecule has 1 heterocycles. The van der Waals surface area contributed by atoms with Crippen molar-refractivity contribution in [2.24, 2.45) is 5.92 Å². The van der Waals surface area contributed by atoms with E-state index in [-0.39, 0.29) is 50.5 Å². The number of carbonyl (C=O) groups is 2. The smallest absolute Gasteiger partial charge is 0.368 e. The third-order valence-electron chi connectivity index (χ3n) is 5.50. The Hall–Kier alpha value is -1.65. The van der Waals surface area contributed by atoms with Crippen molar-refractivity contribution < 1.29 is 31.9 Å². The molecular weight excluding hydrogens is 454 g/mol. The van der Waals surface area contributed by atoms with Crippen molar-refractivity contribution in [2.45, 2.75) is 68.4 Å². The van der Waals surface area contributed by atoms with E-state index in [4.69, 9.17) is 16.3 Å². The van der Waals surface area contributed by atoms with Gasteiger partial charge in [-0.25, -0.2) is 4.39 Å². The number of piperidine rings is 1. The lowest BCUT2D eigenvalue weighted by molar-refractivity contribution is -0.161. The van der Waals surface area contributed by atoms with Crippen LogP contribution in [0.3, 0.4) is 0 Å². The molecule has 3 N–H and O–H groups in total. The molecule has 1 aliphatic carbocycles. The van der Waals surface area contributed by atoms with Gasteiger partial charge in [0.2, 0.25) is 11.8 Å². The topological polar surface area (TPSA) is 79.5 Å². The third kappa shape index (κ3) is 9.46. The van der Waals surface area contributed by atoms with Crippen molar-refractivity contribution in [2.75, 3.05) is 19.7 Å². The summed E-state index contributed by atoms with van der Waals surface area (Å²) < 4.78 is 56.9. The molecule has 32 heavy (non-hydrogen) atoms. The third-order valence-corrected chi connectivity index (χ3v) is 6.00. The molecule has 2 rings (SSSR count). The number of alkyl halides is 5. The van der Waals surface area contributed by atoms with Crippen LogP contribution in [0.5, 0.6) is 0 Å². The Morgan fingerprint density at radius 2 is 1.97 bits per heavy atom. The van der Waals surface area contributed by atoms with Crippen molar-refractivity contribution >= 4 is 23.4 Å². The van der Waals surface area contributed by atoms with E-state index in [0.29, 0.717) is 31.4 Å². The highest BCUT2D eigenvalue weighted by atomic mass is 35.5. The Kier molecular flexibility index (Phi) is 10.4. The van der Waals surface area contributed by atoms with Crippen molar-refractivity contribution in [3.8, 4) is 0 Å². The van der Waals surface area contributed by atoms with Gasteiger partial charge in [0.1, 0.15) is 18.8 Å². The Labute approximate surface area is 190 Å². The summed E-state index contributed by atoms with van der Waals surface area (Å²) in [6, 6.07) is -1.49. The number of carbonyl (C=O) groups excluding carboxylic acids is 2. The van der Waals surface area contributed by atoms with Gasteiger partial charge < -0.3 is 20.7 Å². The minimum atomic E-state index is -4.25. The Morgan fingerprint density at radius 1 is 1.22 bits per heavy atom. The van der Waals surface area contributed by atoms with Crippen LogP contribution < -0.4 is 16.0 Å². The molecule has 1 saturated carbocycles. The molecular formula is C21H30ClF4N3O3. The molecule has 5 atom stereocenters. The summed E-state index contributed by atoms with van der Waals surface area (Å²) in [5.41, 5.74) is 0.394. The molecule has 1 saturated heterocycles. The maximum atomic E-state index is 13.6. The Balaban J connectivity index is 1.56. The van der Waals surface area contributed by atoms with Gasteiger partial charge in [0.15, 0.2) is 0 Å². The van der Waals surface area contributed by atoms with Gasteiger partial charge in [-0.15, -0.1) is 11.6 Å². The summed E-state index contributed by atoms with van der Waals surface area (Å²) in [6.45, 7) is 3.89. The summed E-state index contributed by atoms with van der Waals surface area (Å²) in [5.74, 6) is -0.923. The number of amides is 2. The first-order chi connectivity index (χ1) is 15.0. The van der Waals surface area contributed by atoms with E-state index in [2.05, 4.69) is 22.5 Å². The van der Waals surface area contributed by atoms with Crippen LogP contribution in [-0.2, 0) is 14.3 Å². The van der Waals surface area contributed by atoms with Crippen LogP contribution in [0, 0.1) is 5.92 Å². The molecule has 0 aromatic heterocycles. The van der Waals surface area contributed by atoms with Gasteiger partial charge in [-0.2, -0.15) is 13.2 Å². The number of hydrogen-bond acceptors (Lipinski definition) is 4. The standard InChI is InChI=1S/C21H30ClF4N3O3/c1-13(29-20(31)12-32-15-4-5-16(22)17(23)10-15)8-9-27-19(30)7-3-14-2-6-18(28-11-14)21(24,25)26/h3,7,14-18,28H,1-2,4-6,8-12H2,(H,27,30)(H,29,31)/b7-3+. The zero-order valence-electron chi connectivity index (χ0n) is 17.7. The van der Waals surface area contributed by atoms with E-state index < -0.39 is 29.7 Å². The minimum absolute atomic E-state index is 0.0221. The van der Waals surface area contributed by atoms with Crippen molar-refractivity contribution in [1.82, 2.24) is 16.0 Å². The van der Waals surface area contributed by atoms with E-state index in [9.17, 15) is 27.2 Å². The average molecular weight is 484 g/mol. The lowest BCUT2D eigenvalue weighted by Gasteiger charge is -2.29. The van der Waals surface area contributed by atoms with Gasteiger partial charge in [0.25, 0.3) is 0 Å². The van der Waals surface area contributed by atoms with Crippen LogP contribution in [0.15, 0.2) is 24.4 Å². The average Bonchev–Trinajstić information content (AvgIpc) is 2.72. The quantitative estimate of drug-likeness (QED) is 0.267. The number of halogens is 5. The van der Waals surface area contributed by atoms with Crippen LogP contribution in [0.2, 0.25) is 0 Å². The summed E-state index contributed by atoms with van der Waals surface area (Å²) in [5, 5.41) is 7.14. The van der Waals surface area contributed by atoms with Crippen molar-refractivity contribution in [3.63, 3.8) is 0 Å². The van der Waals surface area contributed by atoms with Gasteiger partial charge in [0, 0.05) is 31.6 Å². The molecule has 182 valence electrons. The van der Waals surface area contributed by atoms with E-state index >= 15 is 0 Å². The van der Waals surface area contributed by atoms with E-state index in [1.807, 2.05) is 0 Å². The second-order valence-electron chi connectivity index (χ2n) is 8.17. The Bertz CT molecular complexity index is 682. The molecule has 0 spiro atoms. The first-order valence-corrected chi connectivity index (χ1v) is 11.1. The zero-order chi connectivity index (χ0) is 23.7. The fourth-order valence-electron chi connectivity index (χ4n) is 3.62. The SMILES string of the molecule is C=C(CCNC(=O)/C=C/C1CCC(C(F)(F)F)NC1)NC(=O)COC1CCC(Cl)C(F)C1.